The Hall–Kier alpha value is -2.92. The highest BCUT2D eigenvalue weighted by molar-refractivity contribution is 5.92. The van der Waals surface area contributed by atoms with Crippen molar-refractivity contribution in [2.75, 3.05) is 0 Å². The van der Waals surface area contributed by atoms with E-state index in [2.05, 4.69) is 22.4 Å². The number of carbonyl (C=O) groups is 1. The Labute approximate surface area is 158 Å². The van der Waals surface area contributed by atoms with Crippen LogP contribution in [-0.2, 0) is 12.8 Å². The Bertz CT molecular complexity index is 920. The lowest BCUT2D eigenvalue weighted by molar-refractivity contribution is 0.0927. The maximum atomic E-state index is 12.6. The smallest absolute Gasteiger partial charge is 0.273 e. The van der Waals surface area contributed by atoms with Crippen LogP contribution in [0, 0.1) is 0 Å². The number of amides is 1. The summed E-state index contributed by atoms with van der Waals surface area (Å²) in [7, 11) is 0. The first kappa shape index (κ1) is 17.5. The molecule has 0 saturated heterocycles. The van der Waals surface area contributed by atoms with E-state index in [0.29, 0.717) is 12.3 Å². The van der Waals surface area contributed by atoms with Crippen molar-refractivity contribution < 1.29 is 9.21 Å². The number of hydrogen-bond acceptors (Lipinski definition) is 4. The summed E-state index contributed by atoms with van der Waals surface area (Å²) in [5.41, 5.74) is 10.1. The number of nitrogens with two attached hydrogens (primary N) is 1. The maximum absolute atomic E-state index is 12.6. The summed E-state index contributed by atoms with van der Waals surface area (Å²) in [4.78, 5) is 17.0. The van der Waals surface area contributed by atoms with Gasteiger partial charge in [0.2, 0.25) is 5.89 Å². The molecule has 1 aliphatic rings. The standard InChI is InChI=1S/C22H23N3O2/c23-18(13-15-7-2-1-3-8-15)22-25-20(14-27-22)21(26)24-19-12-6-10-16-9-4-5-11-17(16)19/h1-5,7-9,11,14,18-19H,6,10,12-13,23H2,(H,24,26). The van der Waals surface area contributed by atoms with Crippen molar-refractivity contribution in [2.24, 2.45) is 5.73 Å². The Morgan fingerprint density at radius 1 is 1.19 bits per heavy atom. The fourth-order valence-corrected chi connectivity index (χ4v) is 3.65. The number of nitrogens with zero attached hydrogens (tertiary/aromatic N) is 1. The van der Waals surface area contributed by atoms with E-state index in [0.717, 1.165) is 24.8 Å². The Morgan fingerprint density at radius 3 is 2.81 bits per heavy atom. The van der Waals surface area contributed by atoms with Gasteiger partial charge in [0.05, 0.1) is 12.1 Å². The highest BCUT2D eigenvalue weighted by atomic mass is 16.3. The third-order valence-electron chi connectivity index (χ3n) is 5.04. The molecule has 0 saturated carbocycles. The summed E-state index contributed by atoms with van der Waals surface area (Å²) < 4.78 is 5.48. The molecule has 3 N–H and O–H groups in total. The molecular weight excluding hydrogens is 338 g/mol. The van der Waals surface area contributed by atoms with E-state index in [4.69, 9.17) is 10.2 Å². The van der Waals surface area contributed by atoms with E-state index in [-0.39, 0.29) is 23.7 Å². The van der Waals surface area contributed by atoms with Crippen molar-refractivity contribution in [2.45, 2.75) is 37.8 Å². The number of rotatable bonds is 5. The summed E-state index contributed by atoms with van der Waals surface area (Å²) >= 11 is 0. The molecule has 2 atom stereocenters. The molecule has 5 nitrogen and oxygen atoms in total. The summed E-state index contributed by atoms with van der Waals surface area (Å²) in [6.45, 7) is 0. The predicted molar refractivity (Wildman–Crippen MR) is 103 cm³/mol. The Kier molecular flexibility index (Phi) is 5.03. The van der Waals surface area contributed by atoms with Crippen molar-refractivity contribution >= 4 is 5.91 Å². The van der Waals surface area contributed by atoms with Crippen molar-refractivity contribution in [3.05, 3.63) is 89.1 Å². The van der Waals surface area contributed by atoms with Crippen LogP contribution >= 0.6 is 0 Å². The largest absolute Gasteiger partial charge is 0.446 e. The van der Waals surface area contributed by atoms with Crippen molar-refractivity contribution in [1.82, 2.24) is 10.3 Å². The van der Waals surface area contributed by atoms with E-state index < -0.39 is 0 Å². The van der Waals surface area contributed by atoms with Gasteiger partial charge in [0, 0.05) is 0 Å². The zero-order valence-corrected chi connectivity index (χ0v) is 15.1. The second kappa shape index (κ2) is 7.76. The highest BCUT2D eigenvalue weighted by Gasteiger charge is 2.24. The molecule has 2 aromatic carbocycles. The molecule has 1 aromatic heterocycles. The summed E-state index contributed by atoms with van der Waals surface area (Å²) in [5, 5.41) is 3.09. The van der Waals surface area contributed by atoms with Crippen LogP contribution < -0.4 is 11.1 Å². The number of hydrogen-bond donors (Lipinski definition) is 2. The third kappa shape index (κ3) is 3.93. The van der Waals surface area contributed by atoms with Gasteiger partial charge in [-0.05, 0) is 42.4 Å². The number of nitrogens with one attached hydrogen (secondary N) is 1. The molecule has 4 rings (SSSR count). The summed E-state index contributed by atoms with van der Waals surface area (Å²) in [5.74, 6) is 0.159. The lowest BCUT2D eigenvalue weighted by Crippen LogP contribution is -2.31. The number of carbonyl (C=O) groups excluding carboxylic acids is 1. The molecule has 3 aromatic rings. The van der Waals surface area contributed by atoms with Crippen LogP contribution in [0.1, 0.15) is 58.0 Å². The summed E-state index contributed by atoms with van der Waals surface area (Å²) in [6, 6.07) is 17.8. The topological polar surface area (TPSA) is 81.1 Å². The second-order valence-electron chi connectivity index (χ2n) is 6.98. The van der Waals surface area contributed by atoms with Crippen LogP contribution in [-0.4, -0.2) is 10.9 Å². The summed E-state index contributed by atoms with van der Waals surface area (Å²) in [6.07, 6.45) is 5.06. The van der Waals surface area contributed by atoms with E-state index in [9.17, 15) is 4.79 Å². The minimum absolute atomic E-state index is 0.0144. The van der Waals surface area contributed by atoms with Gasteiger partial charge in [0.25, 0.3) is 5.91 Å². The third-order valence-corrected chi connectivity index (χ3v) is 5.04. The van der Waals surface area contributed by atoms with Gasteiger partial charge in [-0.3, -0.25) is 4.79 Å². The molecule has 0 radical (unpaired) electrons. The van der Waals surface area contributed by atoms with Crippen LogP contribution in [0.2, 0.25) is 0 Å². The quantitative estimate of drug-likeness (QED) is 0.726. The van der Waals surface area contributed by atoms with Crippen molar-refractivity contribution in [3.8, 4) is 0 Å². The molecule has 5 heteroatoms. The maximum Gasteiger partial charge on any atom is 0.273 e. The van der Waals surface area contributed by atoms with Crippen LogP contribution in [0.5, 0.6) is 0 Å². The van der Waals surface area contributed by atoms with Crippen LogP contribution in [0.4, 0.5) is 0 Å². The van der Waals surface area contributed by atoms with Gasteiger partial charge in [-0.15, -0.1) is 0 Å². The fraction of sp³-hybridized carbons (Fsp3) is 0.273. The fourth-order valence-electron chi connectivity index (χ4n) is 3.65. The number of aromatic nitrogens is 1. The molecule has 27 heavy (non-hydrogen) atoms. The molecule has 0 fully saturated rings. The van der Waals surface area contributed by atoms with E-state index in [1.165, 1.54) is 17.4 Å². The zero-order valence-electron chi connectivity index (χ0n) is 15.1. The number of fused-ring (bicyclic) bond motifs is 1. The lowest BCUT2D eigenvalue weighted by Gasteiger charge is -2.25. The van der Waals surface area contributed by atoms with Crippen molar-refractivity contribution in [1.29, 1.82) is 0 Å². The van der Waals surface area contributed by atoms with E-state index in [1.54, 1.807) is 0 Å². The average molecular weight is 361 g/mol. The average Bonchev–Trinajstić information content (AvgIpc) is 3.20. The number of aryl methyl sites for hydroxylation is 1. The first-order valence-corrected chi connectivity index (χ1v) is 9.34. The molecule has 1 heterocycles. The highest BCUT2D eigenvalue weighted by Crippen LogP contribution is 2.29. The molecule has 0 spiro atoms. The minimum atomic E-state index is -0.385. The van der Waals surface area contributed by atoms with Gasteiger partial charge >= 0.3 is 0 Å². The first-order valence-electron chi connectivity index (χ1n) is 9.34. The van der Waals surface area contributed by atoms with Crippen LogP contribution in [0.15, 0.2) is 65.3 Å². The lowest BCUT2D eigenvalue weighted by atomic mass is 9.88. The van der Waals surface area contributed by atoms with Crippen LogP contribution in [0.3, 0.4) is 0 Å². The van der Waals surface area contributed by atoms with E-state index >= 15 is 0 Å². The molecule has 138 valence electrons. The van der Waals surface area contributed by atoms with E-state index in [1.807, 2.05) is 42.5 Å². The number of oxazole rings is 1. The monoisotopic (exact) mass is 361 g/mol. The first-order chi connectivity index (χ1) is 13.2. The molecule has 0 bridgehead atoms. The van der Waals surface area contributed by atoms with Gasteiger partial charge < -0.3 is 15.5 Å². The SMILES string of the molecule is NC(Cc1ccccc1)c1nc(C(=O)NC2CCCc3ccccc32)co1. The van der Waals surface area contributed by atoms with Crippen molar-refractivity contribution in [3.63, 3.8) is 0 Å². The molecular formula is C22H23N3O2. The second-order valence-corrected chi connectivity index (χ2v) is 6.98. The zero-order chi connectivity index (χ0) is 18.6. The molecule has 1 aliphatic carbocycles. The minimum Gasteiger partial charge on any atom is -0.446 e. The van der Waals surface area contributed by atoms with Gasteiger partial charge in [0.1, 0.15) is 6.26 Å². The molecule has 0 aliphatic heterocycles. The normalized spacial score (nSPS) is 17.1. The molecule has 1 amide bonds. The Morgan fingerprint density at radius 2 is 1.96 bits per heavy atom. The predicted octanol–water partition coefficient (Wildman–Crippen LogP) is 3.72. The van der Waals surface area contributed by atoms with Gasteiger partial charge in [-0.2, -0.15) is 0 Å². The van der Waals surface area contributed by atoms with Gasteiger partial charge in [0.15, 0.2) is 5.69 Å². The Balaban J connectivity index is 1.43. The van der Waals surface area contributed by atoms with Gasteiger partial charge in [-0.1, -0.05) is 54.6 Å². The van der Waals surface area contributed by atoms with Gasteiger partial charge in [-0.25, -0.2) is 4.98 Å². The number of benzene rings is 2. The molecule has 2 unspecified atom stereocenters. The van der Waals surface area contributed by atoms with Crippen LogP contribution in [0.25, 0.3) is 0 Å².